The smallest absolute Gasteiger partial charge is 0.0572 e. The van der Waals surface area contributed by atoms with E-state index >= 15 is 0 Å². The second-order valence-corrected chi connectivity index (χ2v) is 0.250. The van der Waals surface area contributed by atoms with Gasteiger partial charge in [0.15, 0.2) is 0 Å². The summed E-state index contributed by atoms with van der Waals surface area (Å²) in [6.07, 6.45) is 0. The molecule has 4 heavy (non-hydrogen) atoms. The molecule has 0 spiro atoms. The summed E-state index contributed by atoms with van der Waals surface area (Å²) in [5.41, 5.74) is 2.25. The Bertz CT molecular complexity index is 24.3. The van der Waals surface area contributed by atoms with Crippen molar-refractivity contribution in [3.63, 3.8) is 0 Å². The molecule has 0 aliphatic rings. The molecule has 0 heterocycles. The molecule has 0 aliphatic heterocycles. The van der Waals surface area contributed by atoms with Crippen molar-refractivity contribution in [2.24, 2.45) is 0 Å². The molecule has 0 aromatic rings. The molecule has 0 radical (unpaired) electrons. The van der Waals surface area contributed by atoms with Crippen LogP contribution < -0.4 is 0 Å². The summed E-state index contributed by atoms with van der Waals surface area (Å²) in [5.74, 6) is 0. The van der Waals surface area contributed by atoms with Gasteiger partial charge in [0.2, 0.25) is 0 Å². The molecule has 1 heteroatoms. The lowest BCUT2D eigenvalue weighted by Gasteiger charge is -1.10. The van der Waals surface area contributed by atoms with E-state index in [1.165, 1.54) is 0 Å². The van der Waals surface area contributed by atoms with Crippen LogP contribution in [0.3, 0.4) is 0 Å². The molecule has 0 unspecified atom stereocenters. The largest absolute Gasteiger partial charge is 0.137 e. The second-order valence-electron chi connectivity index (χ2n) is 0.250. The van der Waals surface area contributed by atoms with Gasteiger partial charge in [0, 0.05) is 0 Å². The van der Waals surface area contributed by atoms with E-state index in [9.17, 15) is 0 Å². The summed E-state index contributed by atoms with van der Waals surface area (Å²) in [6, 6.07) is 0. The van der Waals surface area contributed by atoms with Gasteiger partial charge in [0.1, 0.15) is 0 Å². The molecular weight excluding hydrogens is 116 g/mol. The first kappa shape index (κ1) is 9.00. The summed E-state index contributed by atoms with van der Waals surface area (Å²) < 4.78 is 0. The summed E-state index contributed by atoms with van der Waals surface area (Å²) in [4.78, 5) is 0. The molecule has 0 aromatic carbocycles. The molecule has 0 nitrogen and oxygen atoms in total. The van der Waals surface area contributed by atoms with Gasteiger partial charge in [-0.3, -0.25) is 0 Å². The zero-order valence-electron chi connectivity index (χ0n) is 2.32. The topological polar surface area (TPSA) is 0 Å². The molecule has 0 aromatic heterocycles. The summed E-state index contributed by atoms with van der Waals surface area (Å²) >= 11 is 0. The van der Waals surface area contributed by atoms with Gasteiger partial charge in [-0.25, -0.2) is 0 Å². The van der Waals surface area contributed by atoms with Crippen LogP contribution in [-0.4, -0.2) is 0 Å². The lowest BCUT2D eigenvalue weighted by atomic mass is 11.0. The van der Waals surface area contributed by atoms with E-state index in [1.807, 2.05) is 0 Å². The van der Waals surface area contributed by atoms with E-state index in [2.05, 4.69) is 18.9 Å². The van der Waals surface area contributed by atoms with Crippen molar-refractivity contribution >= 4 is 17.0 Å². The first-order valence-electron chi connectivity index (χ1n) is 0.707. The minimum Gasteiger partial charge on any atom is -0.137 e. The van der Waals surface area contributed by atoms with Gasteiger partial charge in [0.25, 0.3) is 0 Å². The molecular formula is C3H5Br. The van der Waals surface area contributed by atoms with E-state index in [0.717, 1.165) is 0 Å². The van der Waals surface area contributed by atoms with E-state index < -0.39 is 0 Å². The third-order valence-corrected chi connectivity index (χ3v) is 0. The molecule has 0 atom stereocenters. The number of hydrogen-bond donors (Lipinski definition) is 0. The van der Waals surface area contributed by atoms with Gasteiger partial charge in [-0.15, -0.1) is 22.7 Å². The molecule has 0 saturated carbocycles. The Labute approximate surface area is 36.6 Å². The third kappa shape index (κ3) is 2599999999999999743203450105626624. The van der Waals surface area contributed by atoms with Crippen LogP contribution in [0.15, 0.2) is 18.9 Å². The lowest BCUT2D eigenvalue weighted by molar-refractivity contribution is 2.51. The van der Waals surface area contributed by atoms with E-state index in [-0.39, 0.29) is 17.0 Å². The molecule has 0 rings (SSSR count). The van der Waals surface area contributed by atoms with Crippen molar-refractivity contribution in [2.45, 2.75) is 0 Å². The number of rotatable bonds is 0. The first-order chi connectivity index (χ1) is 1.41. The van der Waals surface area contributed by atoms with Gasteiger partial charge in [-0.2, -0.15) is 0 Å². The highest BCUT2D eigenvalue weighted by molar-refractivity contribution is 8.93. The predicted octanol–water partition coefficient (Wildman–Crippen LogP) is 1.54. The Morgan fingerprint density at radius 3 is 1.25 bits per heavy atom. The molecule has 0 bridgehead atoms. The molecule has 0 aliphatic carbocycles. The maximum absolute atomic E-state index is 3.12. The highest BCUT2D eigenvalue weighted by Crippen LogP contribution is 1.16. The number of halogens is 1. The fourth-order valence-corrected chi connectivity index (χ4v) is 0. The summed E-state index contributed by atoms with van der Waals surface area (Å²) in [7, 11) is 0. The van der Waals surface area contributed by atoms with Gasteiger partial charge in [-0.05, 0) is 0 Å². The van der Waals surface area contributed by atoms with Crippen LogP contribution >= 0.6 is 17.0 Å². The summed E-state index contributed by atoms with van der Waals surface area (Å²) in [6.45, 7) is 6.25. The van der Waals surface area contributed by atoms with Gasteiger partial charge >= 0.3 is 0 Å². The van der Waals surface area contributed by atoms with E-state index in [0.29, 0.717) is 0 Å². The Morgan fingerprint density at radius 2 is 1.25 bits per heavy atom. The van der Waals surface area contributed by atoms with Crippen molar-refractivity contribution in [3.05, 3.63) is 18.9 Å². The van der Waals surface area contributed by atoms with Gasteiger partial charge in [0.05, 0.1) is 0 Å². The van der Waals surface area contributed by atoms with Crippen LogP contribution in [0.25, 0.3) is 0 Å². The van der Waals surface area contributed by atoms with Crippen LogP contribution in [0.1, 0.15) is 0 Å². The number of hydrogen-bond acceptors (Lipinski definition) is 0. The lowest BCUT2D eigenvalue weighted by Crippen LogP contribution is -0.844. The quantitative estimate of drug-likeness (QED) is 0.426. The van der Waals surface area contributed by atoms with Crippen LogP contribution in [0.5, 0.6) is 0 Å². The highest BCUT2D eigenvalue weighted by Gasteiger charge is 0.904. The van der Waals surface area contributed by atoms with Crippen molar-refractivity contribution in [1.29, 1.82) is 0 Å². The Morgan fingerprint density at radius 1 is 1.25 bits per heavy atom. The third-order valence-electron chi connectivity index (χ3n) is 0. The van der Waals surface area contributed by atoms with E-state index in [4.69, 9.17) is 0 Å². The second kappa shape index (κ2) is 12.0. The highest BCUT2D eigenvalue weighted by atomic mass is 79.9. The van der Waals surface area contributed by atoms with Crippen LogP contribution in [-0.2, 0) is 0 Å². The van der Waals surface area contributed by atoms with Crippen LogP contribution in [0.4, 0.5) is 0 Å². The predicted molar refractivity (Wildman–Crippen MR) is 25.1 cm³/mol. The minimum absolute atomic E-state index is 0. The Hall–Kier alpha value is -0.0000000000000000278. The Balaban J connectivity index is 0. The summed E-state index contributed by atoms with van der Waals surface area (Å²) in [5, 5.41) is 0. The molecule has 0 N–H and O–H groups in total. The monoisotopic (exact) mass is 120 g/mol. The molecule has 0 amide bonds. The van der Waals surface area contributed by atoms with E-state index in [1.54, 1.807) is 0 Å². The first-order valence-corrected chi connectivity index (χ1v) is 0.707. The SMILES string of the molecule is Br.C=C=C. The molecule has 0 saturated heterocycles. The maximum atomic E-state index is 3.12. The normalized spacial score (nSPS) is 2.00. The van der Waals surface area contributed by atoms with Gasteiger partial charge < -0.3 is 0 Å². The standard InChI is InChI=1S/C3H4.BrH/c1-3-2;/h1-2H2;1H. The maximum Gasteiger partial charge on any atom is -0.0572 e. The fourth-order valence-electron chi connectivity index (χ4n) is 0. The average Bonchev–Trinajstić information content (AvgIpc) is 0.918. The molecule has 0 fully saturated rings. The van der Waals surface area contributed by atoms with Crippen molar-refractivity contribution in [2.75, 3.05) is 0 Å². The average molecular weight is 121 g/mol. The zero-order valence-corrected chi connectivity index (χ0v) is 4.04. The van der Waals surface area contributed by atoms with Crippen molar-refractivity contribution < 1.29 is 0 Å². The zero-order chi connectivity index (χ0) is 2.71. The van der Waals surface area contributed by atoms with Gasteiger partial charge in [-0.1, -0.05) is 13.2 Å². The van der Waals surface area contributed by atoms with Crippen molar-refractivity contribution in [1.82, 2.24) is 0 Å². The minimum atomic E-state index is 0. The van der Waals surface area contributed by atoms with Crippen LogP contribution in [0.2, 0.25) is 0 Å². The molecule has 24 valence electrons. The Kier molecular flexibility index (Phi) is 27.0. The van der Waals surface area contributed by atoms with Crippen molar-refractivity contribution in [3.8, 4) is 0 Å². The van der Waals surface area contributed by atoms with Crippen LogP contribution in [0, 0.1) is 0 Å². The fraction of sp³-hybridized carbons (Fsp3) is 0.